The van der Waals surface area contributed by atoms with E-state index in [1.807, 2.05) is 6.92 Å². The van der Waals surface area contributed by atoms with Gasteiger partial charge in [-0.1, -0.05) is 38.5 Å². The van der Waals surface area contributed by atoms with Gasteiger partial charge in [0.1, 0.15) is 4.90 Å². The summed E-state index contributed by atoms with van der Waals surface area (Å²) in [6.45, 7) is 7.84. The second-order valence-electron chi connectivity index (χ2n) is 7.99. The number of ether oxygens (including phenoxy) is 1. The van der Waals surface area contributed by atoms with Gasteiger partial charge in [-0.25, -0.2) is 13.4 Å². The molecule has 0 unspecified atom stereocenters. The molecule has 0 spiro atoms. The summed E-state index contributed by atoms with van der Waals surface area (Å²) in [6.07, 6.45) is 4.78. The van der Waals surface area contributed by atoms with Gasteiger partial charge in [-0.05, 0) is 37.3 Å². The lowest BCUT2D eigenvalue weighted by molar-refractivity contribution is -0.121. The van der Waals surface area contributed by atoms with Crippen LogP contribution in [0.25, 0.3) is 0 Å². The number of thioether (sulfide) groups is 1. The molecule has 2 aliphatic rings. The van der Waals surface area contributed by atoms with E-state index in [4.69, 9.17) is 4.74 Å². The van der Waals surface area contributed by atoms with E-state index in [2.05, 4.69) is 24.1 Å². The van der Waals surface area contributed by atoms with E-state index in [1.165, 1.54) is 28.7 Å². The van der Waals surface area contributed by atoms with Crippen molar-refractivity contribution in [1.82, 2.24) is 14.6 Å². The first-order chi connectivity index (χ1) is 13.8. The quantitative estimate of drug-likeness (QED) is 0.683. The second kappa shape index (κ2) is 9.76. The molecule has 162 valence electrons. The Labute approximate surface area is 178 Å². The smallest absolute Gasteiger partial charge is 0.244 e. The fourth-order valence-electron chi connectivity index (χ4n) is 3.85. The molecule has 3 rings (SSSR count). The Bertz CT molecular complexity index is 794. The Morgan fingerprint density at radius 2 is 2.00 bits per heavy atom. The van der Waals surface area contributed by atoms with Crippen molar-refractivity contribution in [2.75, 3.05) is 26.3 Å². The normalized spacial score (nSPS) is 27.3. The summed E-state index contributed by atoms with van der Waals surface area (Å²) in [5.41, 5.74) is 0. The van der Waals surface area contributed by atoms with Crippen molar-refractivity contribution in [2.24, 2.45) is 11.8 Å². The molecule has 1 aromatic rings. The fraction of sp³-hybridized carbons (Fsp3) is 0.700. The molecule has 1 saturated heterocycles. The average molecular weight is 442 g/mol. The molecule has 1 aliphatic carbocycles. The summed E-state index contributed by atoms with van der Waals surface area (Å²) in [5.74, 6) is 1.11. The summed E-state index contributed by atoms with van der Waals surface area (Å²) < 4.78 is 32.0. The van der Waals surface area contributed by atoms with Gasteiger partial charge >= 0.3 is 0 Å². The van der Waals surface area contributed by atoms with Crippen molar-refractivity contribution in [2.45, 2.75) is 61.2 Å². The van der Waals surface area contributed by atoms with Crippen molar-refractivity contribution in [3.63, 3.8) is 0 Å². The third kappa shape index (κ3) is 5.51. The third-order valence-corrected chi connectivity index (χ3v) is 8.95. The standard InChI is InChI=1S/C20H31N3O4S2/c1-14-5-4-6-18(15(14)2)22-20(24)16(3)28-19-8-7-17(13-21-19)29(25,26)23-9-11-27-12-10-23/h7-8,13-16,18H,4-6,9-12H2,1-3H3,(H,22,24)/t14-,15+,16-,18+/m0/s1. The van der Waals surface area contributed by atoms with Crippen LogP contribution < -0.4 is 5.32 Å². The Hall–Kier alpha value is -1.16. The second-order valence-corrected chi connectivity index (χ2v) is 11.3. The Kier molecular flexibility index (Phi) is 7.58. The molecule has 7 nitrogen and oxygen atoms in total. The van der Waals surface area contributed by atoms with E-state index < -0.39 is 10.0 Å². The minimum atomic E-state index is -3.55. The molecule has 0 aromatic carbocycles. The third-order valence-electron chi connectivity index (χ3n) is 6.02. The largest absolute Gasteiger partial charge is 0.379 e. The topological polar surface area (TPSA) is 88.6 Å². The maximum absolute atomic E-state index is 12.7. The van der Waals surface area contributed by atoms with Crippen LogP contribution in [0.5, 0.6) is 0 Å². The van der Waals surface area contributed by atoms with Crippen molar-refractivity contribution in [3.05, 3.63) is 18.3 Å². The number of hydrogen-bond acceptors (Lipinski definition) is 6. The Morgan fingerprint density at radius 3 is 2.66 bits per heavy atom. The van der Waals surface area contributed by atoms with Gasteiger partial charge in [0.25, 0.3) is 0 Å². The first-order valence-electron chi connectivity index (χ1n) is 10.3. The van der Waals surface area contributed by atoms with Gasteiger partial charge in [-0.15, -0.1) is 0 Å². The highest BCUT2D eigenvalue weighted by Gasteiger charge is 2.30. The summed E-state index contributed by atoms with van der Waals surface area (Å²) in [7, 11) is -3.55. The molecule has 4 atom stereocenters. The lowest BCUT2D eigenvalue weighted by Crippen LogP contribution is -2.46. The molecule has 29 heavy (non-hydrogen) atoms. The van der Waals surface area contributed by atoms with E-state index in [0.29, 0.717) is 43.2 Å². The highest BCUT2D eigenvalue weighted by Crippen LogP contribution is 2.30. The summed E-state index contributed by atoms with van der Waals surface area (Å²) in [6, 6.07) is 3.46. The number of nitrogens with one attached hydrogen (secondary N) is 1. The predicted molar refractivity (Wildman–Crippen MR) is 113 cm³/mol. The molecular weight excluding hydrogens is 410 g/mol. The van der Waals surface area contributed by atoms with Crippen molar-refractivity contribution >= 4 is 27.7 Å². The van der Waals surface area contributed by atoms with E-state index in [9.17, 15) is 13.2 Å². The number of nitrogens with zero attached hydrogens (tertiary/aromatic N) is 2. The zero-order valence-corrected chi connectivity index (χ0v) is 19.0. The number of pyridine rings is 1. The number of carbonyl (C=O) groups excluding carboxylic acids is 1. The van der Waals surface area contributed by atoms with E-state index in [0.717, 1.165) is 12.8 Å². The lowest BCUT2D eigenvalue weighted by Gasteiger charge is -2.35. The molecule has 1 amide bonds. The molecule has 1 N–H and O–H groups in total. The van der Waals surface area contributed by atoms with Crippen LogP contribution in [0, 0.1) is 11.8 Å². The number of amides is 1. The first-order valence-corrected chi connectivity index (χ1v) is 12.6. The zero-order chi connectivity index (χ0) is 21.0. The van der Waals surface area contributed by atoms with Crippen LogP contribution in [0.3, 0.4) is 0 Å². The molecule has 2 fully saturated rings. The SMILES string of the molecule is C[C@@H]1[C@@H](C)CCC[C@H]1NC(=O)[C@H](C)Sc1ccc(S(=O)(=O)N2CCOCC2)cn1. The minimum Gasteiger partial charge on any atom is -0.379 e. The van der Waals surface area contributed by atoms with Crippen LogP contribution in [0.1, 0.15) is 40.0 Å². The molecule has 0 bridgehead atoms. The molecule has 1 saturated carbocycles. The monoisotopic (exact) mass is 441 g/mol. The van der Waals surface area contributed by atoms with Gasteiger partial charge in [0.2, 0.25) is 15.9 Å². The van der Waals surface area contributed by atoms with Crippen LogP contribution in [0.4, 0.5) is 0 Å². The van der Waals surface area contributed by atoms with Gasteiger partial charge in [-0.3, -0.25) is 4.79 Å². The summed E-state index contributed by atoms with van der Waals surface area (Å²) in [5, 5.41) is 3.54. The Balaban J connectivity index is 1.58. The number of sulfonamides is 1. The predicted octanol–water partition coefficient (Wildman–Crippen LogP) is 2.52. The zero-order valence-electron chi connectivity index (χ0n) is 17.3. The van der Waals surface area contributed by atoms with Crippen molar-refractivity contribution in [3.8, 4) is 0 Å². The van der Waals surface area contributed by atoms with Crippen LogP contribution in [0.15, 0.2) is 28.3 Å². The minimum absolute atomic E-state index is 0.00719. The summed E-state index contributed by atoms with van der Waals surface area (Å²) >= 11 is 1.35. The number of morpholine rings is 1. The van der Waals surface area contributed by atoms with Crippen LogP contribution >= 0.6 is 11.8 Å². The van der Waals surface area contributed by atoms with Gasteiger partial charge in [-0.2, -0.15) is 4.31 Å². The lowest BCUT2D eigenvalue weighted by atomic mass is 9.78. The average Bonchev–Trinajstić information content (AvgIpc) is 2.72. The Morgan fingerprint density at radius 1 is 1.28 bits per heavy atom. The van der Waals surface area contributed by atoms with E-state index >= 15 is 0 Å². The highest BCUT2D eigenvalue weighted by atomic mass is 32.2. The highest BCUT2D eigenvalue weighted by molar-refractivity contribution is 8.00. The molecule has 1 aliphatic heterocycles. The molecule has 2 heterocycles. The van der Waals surface area contributed by atoms with Gasteiger partial charge in [0, 0.05) is 25.3 Å². The fourth-order valence-corrected chi connectivity index (χ4v) is 6.00. The van der Waals surface area contributed by atoms with Crippen LogP contribution in [-0.2, 0) is 19.6 Å². The summed E-state index contributed by atoms with van der Waals surface area (Å²) in [4.78, 5) is 17.1. The van der Waals surface area contributed by atoms with Gasteiger partial charge in [0.05, 0.1) is 23.5 Å². The first kappa shape index (κ1) is 22.5. The molecule has 0 radical (unpaired) electrons. The number of rotatable bonds is 6. The van der Waals surface area contributed by atoms with Crippen molar-refractivity contribution in [1.29, 1.82) is 0 Å². The molecule has 1 aromatic heterocycles. The maximum atomic E-state index is 12.7. The van der Waals surface area contributed by atoms with Gasteiger partial charge < -0.3 is 10.1 Å². The number of aromatic nitrogens is 1. The number of hydrogen-bond donors (Lipinski definition) is 1. The van der Waals surface area contributed by atoms with Gasteiger partial charge in [0.15, 0.2) is 0 Å². The number of carbonyl (C=O) groups is 1. The molecular formula is C20H31N3O4S2. The van der Waals surface area contributed by atoms with Crippen LogP contribution in [-0.4, -0.2) is 61.2 Å². The maximum Gasteiger partial charge on any atom is 0.244 e. The van der Waals surface area contributed by atoms with E-state index in [1.54, 1.807) is 12.1 Å². The molecule has 9 heteroatoms. The van der Waals surface area contributed by atoms with E-state index in [-0.39, 0.29) is 22.1 Å². The van der Waals surface area contributed by atoms with Crippen molar-refractivity contribution < 1.29 is 17.9 Å². The van der Waals surface area contributed by atoms with Crippen LogP contribution in [0.2, 0.25) is 0 Å².